The quantitative estimate of drug-likeness (QED) is 0.361. The van der Waals surface area contributed by atoms with Crippen molar-refractivity contribution in [2.45, 2.75) is 30.8 Å². The van der Waals surface area contributed by atoms with E-state index in [1.807, 2.05) is 0 Å². The van der Waals surface area contributed by atoms with Crippen LogP contribution < -0.4 is 5.56 Å². The van der Waals surface area contributed by atoms with Crippen molar-refractivity contribution in [2.24, 2.45) is 0 Å². The summed E-state index contributed by atoms with van der Waals surface area (Å²) < 4.78 is 26.3. The molecule has 8 nitrogen and oxygen atoms in total. The second kappa shape index (κ2) is 7.28. The maximum Gasteiger partial charge on any atom is 0.270 e. The first kappa shape index (κ1) is 18.4. The summed E-state index contributed by atoms with van der Waals surface area (Å²) in [5.74, 6) is -2.33. The predicted molar refractivity (Wildman–Crippen MR) is 77.1 cm³/mol. The molecule has 1 heterocycles. The fourth-order valence-corrected chi connectivity index (χ4v) is 2.14. The van der Waals surface area contributed by atoms with E-state index >= 15 is 0 Å². The van der Waals surface area contributed by atoms with Gasteiger partial charge in [0.2, 0.25) is 0 Å². The van der Waals surface area contributed by atoms with Crippen LogP contribution in [-0.4, -0.2) is 66.5 Å². The number of hydrogen-bond acceptors (Lipinski definition) is 7. The lowest BCUT2D eigenvalue weighted by molar-refractivity contribution is -0.114. The van der Waals surface area contributed by atoms with E-state index in [-0.39, 0.29) is 16.7 Å². The van der Waals surface area contributed by atoms with Gasteiger partial charge in [0.15, 0.2) is 11.6 Å². The zero-order valence-electron chi connectivity index (χ0n) is 12.2. The zero-order valence-corrected chi connectivity index (χ0v) is 12.2. The number of hydrogen-bond donors (Lipinski definition) is 6. The molecule has 0 fully saturated rings. The Balaban J connectivity index is 2.27. The first-order valence-corrected chi connectivity index (χ1v) is 6.95. The standard InChI is InChI=1S/C14H16F2N2O6/c15-5-1-7-8(2-6(5)16)18-14(24)9(17-7)3-10(20)12(22)13(23)11(21)4-19/h1-2,10-13,19-23H,3-4H2,(H,18,24)/t10?,11-,12-,13?/m1/s1. The molecule has 0 saturated carbocycles. The van der Waals surface area contributed by atoms with Crippen LogP contribution in [-0.2, 0) is 6.42 Å². The second-order valence-corrected chi connectivity index (χ2v) is 5.30. The SMILES string of the molecule is O=c1[nH]c2cc(F)c(F)cc2nc1CC(O)[C@@H](O)C(O)[C@H](O)CO. The van der Waals surface area contributed by atoms with Crippen LogP contribution in [0.3, 0.4) is 0 Å². The Hall–Kier alpha value is -1.98. The van der Waals surface area contributed by atoms with Gasteiger partial charge in [-0.15, -0.1) is 0 Å². The van der Waals surface area contributed by atoms with Gasteiger partial charge < -0.3 is 30.5 Å². The van der Waals surface area contributed by atoms with Crippen molar-refractivity contribution in [3.05, 3.63) is 39.8 Å². The van der Waals surface area contributed by atoms with E-state index < -0.39 is 54.6 Å². The van der Waals surface area contributed by atoms with E-state index in [0.29, 0.717) is 0 Å². The van der Waals surface area contributed by atoms with Crippen LogP contribution >= 0.6 is 0 Å². The Bertz CT molecular complexity index is 784. The Morgan fingerprint density at radius 1 is 1.04 bits per heavy atom. The summed E-state index contributed by atoms with van der Waals surface area (Å²) in [6.07, 6.45) is -7.63. The first-order valence-electron chi connectivity index (χ1n) is 6.95. The third-order valence-corrected chi connectivity index (χ3v) is 3.53. The van der Waals surface area contributed by atoms with Crippen LogP contribution in [0.2, 0.25) is 0 Å². The molecule has 0 aliphatic carbocycles. The molecule has 1 aromatic carbocycles. The van der Waals surface area contributed by atoms with Crippen LogP contribution in [0.5, 0.6) is 0 Å². The number of aromatic amines is 1. The number of nitrogens with zero attached hydrogens (tertiary/aromatic N) is 1. The van der Waals surface area contributed by atoms with E-state index in [9.17, 15) is 34.0 Å². The number of H-pyrrole nitrogens is 1. The van der Waals surface area contributed by atoms with Gasteiger partial charge in [-0.05, 0) is 0 Å². The van der Waals surface area contributed by atoms with Gasteiger partial charge in [-0.2, -0.15) is 0 Å². The summed E-state index contributed by atoms with van der Waals surface area (Å²) in [7, 11) is 0. The van der Waals surface area contributed by atoms with Crippen molar-refractivity contribution in [1.82, 2.24) is 9.97 Å². The van der Waals surface area contributed by atoms with Crippen molar-refractivity contribution in [3.8, 4) is 0 Å². The number of aliphatic hydroxyl groups excluding tert-OH is 5. The Morgan fingerprint density at radius 2 is 1.62 bits per heavy atom. The predicted octanol–water partition coefficient (Wildman–Crippen LogP) is -1.82. The summed E-state index contributed by atoms with van der Waals surface area (Å²) in [6.45, 7) is -0.843. The smallest absolute Gasteiger partial charge is 0.270 e. The van der Waals surface area contributed by atoms with Crippen molar-refractivity contribution >= 4 is 11.0 Å². The molecule has 0 aliphatic rings. The van der Waals surface area contributed by atoms with Crippen molar-refractivity contribution < 1.29 is 34.3 Å². The fraction of sp³-hybridized carbons (Fsp3) is 0.429. The molecule has 2 aromatic rings. The van der Waals surface area contributed by atoms with Gasteiger partial charge in [-0.25, -0.2) is 13.8 Å². The molecular formula is C14H16F2N2O6. The van der Waals surface area contributed by atoms with Crippen LogP contribution in [0.25, 0.3) is 11.0 Å². The summed E-state index contributed by atoms with van der Waals surface area (Å²) in [6, 6.07) is 1.52. The highest BCUT2D eigenvalue weighted by atomic mass is 19.2. The van der Waals surface area contributed by atoms with E-state index in [1.165, 1.54) is 0 Å². The molecule has 0 amide bonds. The van der Waals surface area contributed by atoms with Gasteiger partial charge in [0.1, 0.15) is 24.0 Å². The molecule has 132 valence electrons. The minimum Gasteiger partial charge on any atom is -0.394 e. The van der Waals surface area contributed by atoms with Crippen molar-refractivity contribution in [3.63, 3.8) is 0 Å². The normalized spacial score (nSPS) is 16.8. The molecule has 0 radical (unpaired) electrons. The van der Waals surface area contributed by atoms with Gasteiger partial charge in [0.25, 0.3) is 5.56 Å². The van der Waals surface area contributed by atoms with Crippen LogP contribution in [0.15, 0.2) is 16.9 Å². The molecule has 4 atom stereocenters. The third kappa shape index (κ3) is 3.74. The van der Waals surface area contributed by atoms with Gasteiger partial charge in [0, 0.05) is 18.6 Å². The Kier molecular flexibility index (Phi) is 5.57. The lowest BCUT2D eigenvalue weighted by Crippen LogP contribution is -2.47. The Morgan fingerprint density at radius 3 is 2.25 bits per heavy atom. The van der Waals surface area contributed by atoms with Crippen molar-refractivity contribution in [2.75, 3.05) is 6.61 Å². The molecule has 10 heteroatoms. The van der Waals surface area contributed by atoms with Crippen LogP contribution in [0, 0.1) is 11.6 Å². The first-order chi connectivity index (χ1) is 11.2. The minimum atomic E-state index is -1.87. The van der Waals surface area contributed by atoms with E-state index in [4.69, 9.17) is 5.11 Å². The number of aliphatic hydroxyl groups is 5. The highest BCUT2D eigenvalue weighted by molar-refractivity contribution is 5.74. The number of benzene rings is 1. The topological polar surface area (TPSA) is 147 Å². The average molecular weight is 346 g/mol. The fourth-order valence-electron chi connectivity index (χ4n) is 2.14. The molecule has 6 N–H and O–H groups in total. The van der Waals surface area contributed by atoms with E-state index in [0.717, 1.165) is 12.1 Å². The molecule has 0 bridgehead atoms. The summed E-state index contributed by atoms with van der Waals surface area (Å²) >= 11 is 0. The largest absolute Gasteiger partial charge is 0.394 e. The zero-order chi connectivity index (χ0) is 18.0. The highest BCUT2D eigenvalue weighted by Gasteiger charge is 2.30. The molecule has 2 unspecified atom stereocenters. The second-order valence-electron chi connectivity index (χ2n) is 5.30. The Labute approximate surface area is 133 Å². The van der Waals surface area contributed by atoms with Gasteiger partial charge in [-0.1, -0.05) is 0 Å². The van der Waals surface area contributed by atoms with Gasteiger partial charge >= 0.3 is 0 Å². The molecule has 1 aromatic heterocycles. The molecule has 0 saturated heterocycles. The lowest BCUT2D eigenvalue weighted by Gasteiger charge is -2.25. The van der Waals surface area contributed by atoms with Gasteiger partial charge in [-0.3, -0.25) is 4.79 Å². The number of nitrogens with one attached hydrogen (secondary N) is 1. The summed E-state index contributed by atoms with van der Waals surface area (Å²) in [5.41, 5.74) is -1.20. The van der Waals surface area contributed by atoms with Crippen LogP contribution in [0.1, 0.15) is 5.69 Å². The number of fused-ring (bicyclic) bond motifs is 1. The summed E-state index contributed by atoms with van der Waals surface area (Å²) in [5, 5.41) is 47.0. The molecule has 0 aliphatic heterocycles. The third-order valence-electron chi connectivity index (χ3n) is 3.53. The van der Waals surface area contributed by atoms with Gasteiger partial charge in [0.05, 0.1) is 23.7 Å². The molecule has 2 rings (SSSR count). The number of aromatic nitrogens is 2. The maximum atomic E-state index is 13.2. The molecular weight excluding hydrogens is 330 g/mol. The summed E-state index contributed by atoms with van der Waals surface area (Å²) in [4.78, 5) is 17.9. The maximum absolute atomic E-state index is 13.2. The monoisotopic (exact) mass is 346 g/mol. The van der Waals surface area contributed by atoms with Crippen LogP contribution in [0.4, 0.5) is 8.78 Å². The van der Waals surface area contributed by atoms with E-state index in [1.54, 1.807) is 0 Å². The number of rotatable bonds is 6. The van der Waals surface area contributed by atoms with Crippen molar-refractivity contribution in [1.29, 1.82) is 0 Å². The minimum absolute atomic E-state index is 0.0478. The average Bonchev–Trinajstić information content (AvgIpc) is 2.55. The molecule has 24 heavy (non-hydrogen) atoms. The van der Waals surface area contributed by atoms with E-state index in [2.05, 4.69) is 9.97 Å². The number of halogens is 2. The molecule has 0 spiro atoms. The highest BCUT2D eigenvalue weighted by Crippen LogP contribution is 2.15. The lowest BCUT2D eigenvalue weighted by atomic mass is 10.00.